The van der Waals surface area contributed by atoms with Gasteiger partial charge in [0.1, 0.15) is 0 Å². The first kappa shape index (κ1) is 17.9. The first-order chi connectivity index (χ1) is 7.57. The first-order valence-corrected chi connectivity index (χ1v) is 7.01. The maximum atomic E-state index is 6.20. The molecule has 0 aliphatic heterocycles. The standard InChI is InChI=1S/C16H35NO/c1-13(2,3)17(11)15(7,8)12-16(9,10)18-14(4,5)6/h12H2,1-11H3. The van der Waals surface area contributed by atoms with Gasteiger partial charge in [-0.3, -0.25) is 4.90 Å². The van der Waals surface area contributed by atoms with Crippen LogP contribution in [0.5, 0.6) is 0 Å². The minimum atomic E-state index is -0.124. The molecular formula is C16H35NO. The third kappa shape index (κ3) is 6.19. The summed E-state index contributed by atoms with van der Waals surface area (Å²) >= 11 is 0. The molecule has 0 aromatic heterocycles. The van der Waals surface area contributed by atoms with Gasteiger partial charge in [-0.15, -0.1) is 0 Å². The summed E-state index contributed by atoms with van der Waals surface area (Å²) < 4.78 is 6.20. The average molecular weight is 257 g/mol. The van der Waals surface area contributed by atoms with Crippen LogP contribution in [0.15, 0.2) is 0 Å². The quantitative estimate of drug-likeness (QED) is 0.736. The molecule has 0 saturated heterocycles. The normalized spacial score (nSPS) is 15.3. The van der Waals surface area contributed by atoms with Crippen molar-refractivity contribution >= 4 is 0 Å². The molecule has 0 unspecified atom stereocenters. The van der Waals surface area contributed by atoms with Crippen molar-refractivity contribution in [3.8, 4) is 0 Å². The van der Waals surface area contributed by atoms with E-state index >= 15 is 0 Å². The Hall–Kier alpha value is -0.0800. The molecule has 0 aliphatic carbocycles. The molecule has 0 rings (SSSR count). The van der Waals surface area contributed by atoms with Crippen molar-refractivity contribution in [2.24, 2.45) is 0 Å². The zero-order valence-corrected chi connectivity index (χ0v) is 14.6. The second-order valence-electron chi connectivity index (χ2n) is 8.69. The minimum Gasteiger partial charge on any atom is -0.370 e. The van der Waals surface area contributed by atoms with E-state index in [1.54, 1.807) is 0 Å². The molecule has 0 bridgehead atoms. The summed E-state index contributed by atoms with van der Waals surface area (Å²) in [5.74, 6) is 0. The van der Waals surface area contributed by atoms with E-state index in [-0.39, 0.29) is 22.3 Å². The molecule has 0 atom stereocenters. The Balaban J connectivity index is 4.86. The summed E-state index contributed by atoms with van der Waals surface area (Å²) in [7, 11) is 2.20. The lowest BCUT2D eigenvalue weighted by Crippen LogP contribution is -2.55. The molecule has 0 aromatic carbocycles. The lowest BCUT2D eigenvalue weighted by molar-refractivity contribution is -0.136. The number of ether oxygens (including phenoxy) is 1. The molecule has 0 amide bonds. The third-order valence-electron chi connectivity index (χ3n) is 3.36. The van der Waals surface area contributed by atoms with Gasteiger partial charge in [0.05, 0.1) is 11.2 Å². The van der Waals surface area contributed by atoms with Gasteiger partial charge in [-0.25, -0.2) is 0 Å². The topological polar surface area (TPSA) is 12.5 Å². The van der Waals surface area contributed by atoms with Crippen molar-refractivity contribution in [3.63, 3.8) is 0 Å². The van der Waals surface area contributed by atoms with Gasteiger partial charge >= 0.3 is 0 Å². The van der Waals surface area contributed by atoms with E-state index in [9.17, 15) is 0 Å². The van der Waals surface area contributed by atoms with E-state index in [0.29, 0.717) is 0 Å². The first-order valence-electron chi connectivity index (χ1n) is 7.01. The van der Waals surface area contributed by atoms with Gasteiger partial charge in [0, 0.05) is 11.1 Å². The van der Waals surface area contributed by atoms with Gasteiger partial charge in [0.2, 0.25) is 0 Å². The van der Waals surface area contributed by atoms with E-state index in [4.69, 9.17) is 4.74 Å². The van der Waals surface area contributed by atoms with Gasteiger partial charge in [0.25, 0.3) is 0 Å². The fourth-order valence-corrected chi connectivity index (χ4v) is 2.93. The van der Waals surface area contributed by atoms with Gasteiger partial charge in [-0.05, 0) is 82.7 Å². The molecular weight excluding hydrogens is 222 g/mol. The lowest BCUT2D eigenvalue weighted by atomic mass is 9.85. The van der Waals surface area contributed by atoms with E-state index in [0.717, 1.165) is 6.42 Å². The van der Waals surface area contributed by atoms with Crippen molar-refractivity contribution in [1.82, 2.24) is 4.90 Å². The fraction of sp³-hybridized carbons (Fsp3) is 1.00. The molecule has 0 radical (unpaired) electrons. The maximum absolute atomic E-state index is 6.20. The largest absolute Gasteiger partial charge is 0.370 e. The van der Waals surface area contributed by atoms with Crippen LogP contribution in [-0.4, -0.2) is 34.2 Å². The van der Waals surface area contributed by atoms with Crippen LogP contribution >= 0.6 is 0 Å². The smallest absolute Gasteiger partial charge is 0.0651 e. The number of rotatable bonds is 4. The van der Waals surface area contributed by atoms with Crippen LogP contribution < -0.4 is 0 Å². The van der Waals surface area contributed by atoms with E-state index in [1.807, 2.05) is 0 Å². The summed E-state index contributed by atoms with van der Waals surface area (Å²) in [6.07, 6.45) is 1.00. The summed E-state index contributed by atoms with van der Waals surface area (Å²) in [6, 6.07) is 0. The molecule has 0 fully saturated rings. The summed E-state index contributed by atoms with van der Waals surface area (Å²) in [6.45, 7) is 22.1. The van der Waals surface area contributed by atoms with Crippen LogP contribution in [0, 0.1) is 0 Å². The Labute approximate surface area is 115 Å². The second-order valence-corrected chi connectivity index (χ2v) is 8.69. The van der Waals surface area contributed by atoms with Gasteiger partial charge in [-0.2, -0.15) is 0 Å². The molecule has 0 heterocycles. The molecule has 0 aliphatic rings. The number of hydrogen-bond donors (Lipinski definition) is 0. The van der Waals surface area contributed by atoms with E-state index < -0.39 is 0 Å². The third-order valence-corrected chi connectivity index (χ3v) is 3.36. The Morgan fingerprint density at radius 2 is 1.17 bits per heavy atom. The minimum absolute atomic E-state index is 0.0973. The van der Waals surface area contributed by atoms with Crippen LogP contribution in [0.3, 0.4) is 0 Å². The highest BCUT2D eigenvalue weighted by molar-refractivity contribution is 4.93. The van der Waals surface area contributed by atoms with Crippen molar-refractivity contribution in [1.29, 1.82) is 0 Å². The monoisotopic (exact) mass is 257 g/mol. The zero-order chi connectivity index (χ0) is 15.0. The van der Waals surface area contributed by atoms with Crippen LogP contribution in [0.2, 0.25) is 0 Å². The van der Waals surface area contributed by atoms with Gasteiger partial charge < -0.3 is 4.74 Å². The van der Waals surface area contributed by atoms with E-state index in [2.05, 4.69) is 81.2 Å². The predicted octanol–water partition coefficient (Wildman–Crippen LogP) is 4.48. The average Bonchev–Trinajstić information content (AvgIpc) is 1.93. The molecule has 0 spiro atoms. The van der Waals surface area contributed by atoms with Crippen LogP contribution in [0.25, 0.3) is 0 Å². The molecule has 0 N–H and O–H groups in total. The van der Waals surface area contributed by atoms with Crippen LogP contribution in [0.1, 0.15) is 75.7 Å². The highest BCUT2D eigenvalue weighted by Gasteiger charge is 2.38. The molecule has 0 saturated carbocycles. The second kappa shape index (κ2) is 5.13. The fourth-order valence-electron chi connectivity index (χ4n) is 2.93. The van der Waals surface area contributed by atoms with Crippen LogP contribution in [0.4, 0.5) is 0 Å². The number of hydrogen-bond acceptors (Lipinski definition) is 2. The van der Waals surface area contributed by atoms with Crippen molar-refractivity contribution in [2.75, 3.05) is 7.05 Å². The van der Waals surface area contributed by atoms with Crippen molar-refractivity contribution < 1.29 is 4.74 Å². The zero-order valence-electron chi connectivity index (χ0n) is 14.6. The Kier molecular flexibility index (Phi) is 5.10. The summed E-state index contributed by atoms with van der Waals surface area (Å²) in [4.78, 5) is 2.44. The van der Waals surface area contributed by atoms with Crippen molar-refractivity contribution in [2.45, 2.75) is 97.9 Å². The van der Waals surface area contributed by atoms with Crippen LogP contribution in [-0.2, 0) is 4.74 Å². The molecule has 2 heteroatoms. The molecule has 110 valence electrons. The Morgan fingerprint density at radius 3 is 1.44 bits per heavy atom. The number of nitrogens with zero attached hydrogens (tertiary/aromatic N) is 1. The van der Waals surface area contributed by atoms with Crippen molar-refractivity contribution in [3.05, 3.63) is 0 Å². The van der Waals surface area contributed by atoms with E-state index in [1.165, 1.54) is 0 Å². The summed E-state index contributed by atoms with van der Waals surface area (Å²) in [5.41, 5.74) is 0.0510. The van der Waals surface area contributed by atoms with Gasteiger partial charge in [0.15, 0.2) is 0 Å². The SMILES string of the molecule is CN(C(C)(C)C)C(C)(C)CC(C)(C)OC(C)(C)C. The highest BCUT2D eigenvalue weighted by atomic mass is 16.5. The van der Waals surface area contributed by atoms with Gasteiger partial charge in [-0.1, -0.05) is 0 Å². The predicted molar refractivity (Wildman–Crippen MR) is 81.1 cm³/mol. The lowest BCUT2D eigenvalue weighted by Gasteiger charge is -2.48. The highest BCUT2D eigenvalue weighted by Crippen LogP contribution is 2.33. The Bertz CT molecular complexity index is 266. The molecule has 0 aromatic rings. The Morgan fingerprint density at radius 1 is 0.778 bits per heavy atom. The molecule has 18 heavy (non-hydrogen) atoms. The maximum Gasteiger partial charge on any atom is 0.0651 e. The molecule has 2 nitrogen and oxygen atoms in total. The summed E-state index contributed by atoms with van der Waals surface area (Å²) in [5, 5.41) is 0.